The van der Waals surface area contributed by atoms with E-state index in [0.717, 1.165) is 11.1 Å². The molecule has 2 N–H and O–H groups in total. The molecule has 2 aliphatic rings. The first-order chi connectivity index (χ1) is 15.5. The van der Waals surface area contributed by atoms with Crippen molar-refractivity contribution in [1.82, 2.24) is 0 Å². The highest BCUT2D eigenvalue weighted by molar-refractivity contribution is 6.08. The number of hydrogen-bond acceptors (Lipinski definition) is 5. The van der Waals surface area contributed by atoms with Gasteiger partial charge in [0.1, 0.15) is 11.4 Å². The molecule has 1 atom stereocenters. The Hall–Kier alpha value is -3.77. The third-order valence-corrected chi connectivity index (χ3v) is 6.17. The van der Waals surface area contributed by atoms with Crippen molar-refractivity contribution in [2.24, 2.45) is 0 Å². The van der Waals surface area contributed by atoms with Crippen molar-refractivity contribution in [3.63, 3.8) is 0 Å². The number of fused-ring (bicyclic) bond motifs is 2. The molecule has 162 valence electrons. The van der Waals surface area contributed by atoms with E-state index in [4.69, 9.17) is 14.2 Å². The van der Waals surface area contributed by atoms with Gasteiger partial charge in [0.05, 0.1) is 12.7 Å². The highest BCUT2D eigenvalue weighted by atomic mass is 16.7. The van der Waals surface area contributed by atoms with Crippen LogP contribution in [0, 0.1) is 0 Å². The van der Waals surface area contributed by atoms with Crippen LogP contribution >= 0.6 is 0 Å². The van der Waals surface area contributed by atoms with Gasteiger partial charge in [0, 0.05) is 11.1 Å². The Morgan fingerprint density at radius 2 is 1.81 bits per heavy atom. The minimum atomic E-state index is -1.83. The van der Waals surface area contributed by atoms with Crippen molar-refractivity contribution in [3.05, 3.63) is 94.1 Å². The minimum absolute atomic E-state index is 0.0857. The van der Waals surface area contributed by atoms with E-state index in [1.54, 1.807) is 49.6 Å². The van der Waals surface area contributed by atoms with Crippen molar-refractivity contribution < 1.29 is 29.2 Å². The lowest BCUT2D eigenvalue weighted by atomic mass is 9.82. The standard InChI is InChI=1S/C26H22O6/c1-3-15-5-4-6-19-22(15)23(16-7-12-20-21(13-16)32-14-31-20)24(25(27)28)26(19,29)17-8-10-18(30-2)11-9-17/h4-13,29H,3,14H2,1-2H3,(H,27,28). The van der Waals surface area contributed by atoms with Gasteiger partial charge in [0.25, 0.3) is 0 Å². The number of aryl methyl sites for hydroxylation is 1. The Kier molecular flexibility index (Phi) is 4.68. The Morgan fingerprint density at radius 3 is 2.50 bits per heavy atom. The molecule has 0 bridgehead atoms. The molecule has 1 aliphatic carbocycles. The summed E-state index contributed by atoms with van der Waals surface area (Å²) in [4.78, 5) is 12.7. The number of carboxylic acids is 1. The van der Waals surface area contributed by atoms with E-state index in [-0.39, 0.29) is 12.4 Å². The fourth-order valence-corrected chi connectivity index (χ4v) is 4.67. The number of hydrogen-bond donors (Lipinski definition) is 2. The SMILES string of the molecule is CCc1cccc2c1C(c1ccc3c(c1)OCO3)=C(C(=O)O)C2(O)c1ccc(OC)cc1. The van der Waals surface area contributed by atoms with Gasteiger partial charge in [-0.15, -0.1) is 0 Å². The number of methoxy groups -OCH3 is 1. The fourth-order valence-electron chi connectivity index (χ4n) is 4.67. The molecule has 1 unspecified atom stereocenters. The van der Waals surface area contributed by atoms with Crippen LogP contribution in [0.5, 0.6) is 17.2 Å². The van der Waals surface area contributed by atoms with E-state index < -0.39 is 11.6 Å². The topological polar surface area (TPSA) is 85.2 Å². The minimum Gasteiger partial charge on any atom is -0.497 e. The predicted molar refractivity (Wildman–Crippen MR) is 118 cm³/mol. The van der Waals surface area contributed by atoms with E-state index in [1.165, 1.54) is 0 Å². The molecular formula is C26H22O6. The van der Waals surface area contributed by atoms with E-state index in [9.17, 15) is 15.0 Å². The Labute approximate surface area is 185 Å². The van der Waals surface area contributed by atoms with Crippen molar-refractivity contribution in [2.45, 2.75) is 18.9 Å². The maximum atomic E-state index is 12.7. The monoisotopic (exact) mass is 430 g/mol. The van der Waals surface area contributed by atoms with Crippen LogP contribution in [-0.2, 0) is 16.8 Å². The summed E-state index contributed by atoms with van der Waals surface area (Å²) in [5.41, 5.74) is 1.93. The number of aliphatic hydroxyl groups is 1. The molecule has 6 heteroatoms. The van der Waals surface area contributed by atoms with E-state index in [2.05, 4.69) is 0 Å². The lowest BCUT2D eigenvalue weighted by molar-refractivity contribution is -0.134. The van der Waals surface area contributed by atoms with Crippen LogP contribution in [0.4, 0.5) is 0 Å². The fraction of sp³-hybridized carbons (Fsp3) is 0.192. The first-order valence-electron chi connectivity index (χ1n) is 10.4. The second-order valence-corrected chi connectivity index (χ2v) is 7.76. The van der Waals surface area contributed by atoms with Gasteiger partial charge in [0.15, 0.2) is 11.5 Å². The molecule has 0 saturated heterocycles. The molecule has 5 rings (SSSR count). The molecule has 3 aromatic rings. The molecule has 0 aromatic heterocycles. The molecule has 1 heterocycles. The molecule has 0 saturated carbocycles. The third kappa shape index (κ3) is 2.80. The van der Waals surface area contributed by atoms with Crippen LogP contribution < -0.4 is 14.2 Å². The van der Waals surface area contributed by atoms with Crippen molar-refractivity contribution in [3.8, 4) is 17.2 Å². The zero-order valence-electron chi connectivity index (χ0n) is 17.7. The summed E-state index contributed by atoms with van der Waals surface area (Å²) in [6, 6.07) is 17.8. The number of carboxylic acid groups (broad SMARTS) is 1. The maximum absolute atomic E-state index is 12.7. The molecule has 3 aromatic carbocycles. The molecule has 0 fully saturated rings. The molecule has 6 nitrogen and oxygen atoms in total. The van der Waals surface area contributed by atoms with Gasteiger partial charge < -0.3 is 24.4 Å². The molecule has 32 heavy (non-hydrogen) atoms. The number of carbonyl (C=O) groups is 1. The van der Waals surface area contributed by atoms with Crippen LogP contribution in [0.25, 0.3) is 5.57 Å². The van der Waals surface area contributed by atoms with Gasteiger partial charge >= 0.3 is 5.97 Å². The van der Waals surface area contributed by atoms with Crippen molar-refractivity contribution >= 4 is 11.5 Å². The summed E-state index contributed by atoms with van der Waals surface area (Å²) in [6.45, 7) is 2.13. The number of rotatable bonds is 5. The second kappa shape index (κ2) is 7.43. The predicted octanol–water partition coefficient (Wildman–Crippen LogP) is 4.12. The number of ether oxygens (including phenoxy) is 3. The first-order valence-corrected chi connectivity index (χ1v) is 10.4. The Balaban J connectivity index is 1.84. The normalized spacial score (nSPS) is 18.6. The summed E-state index contributed by atoms with van der Waals surface area (Å²) in [6.07, 6.45) is 0.683. The molecule has 0 radical (unpaired) electrons. The summed E-state index contributed by atoms with van der Waals surface area (Å²) < 4.78 is 16.2. The van der Waals surface area contributed by atoms with Crippen LogP contribution in [0.15, 0.2) is 66.2 Å². The number of benzene rings is 3. The largest absolute Gasteiger partial charge is 0.497 e. The summed E-state index contributed by atoms with van der Waals surface area (Å²) >= 11 is 0. The molecule has 0 spiro atoms. The number of aliphatic carboxylic acids is 1. The van der Waals surface area contributed by atoms with Gasteiger partial charge in [-0.2, -0.15) is 0 Å². The summed E-state index contributed by atoms with van der Waals surface area (Å²) in [5, 5.41) is 22.5. The average Bonchev–Trinajstić information content (AvgIpc) is 3.39. The second-order valence-electron chi connectivity index (χ2n) is 7.76. The molecule has 0 amide bonds. The zero-order valence-corrected chi connectivity index (χ0v) is 17.7. The maximum Gasteiger partial charge on any atom is 0.335 e. The lowest BCUT2D eigenvalue weighted by Crippen LogP contribution is -2.31. The van der Waals surface area contributed by atoms with Crippen molar-refractivity contribution in [1.29, 1.82) is 0 Å². The summed E-state index contributed by atoms with van der Waals surface area (Å²) in [5.74, 6) is 0.595. The van der Waals surface area contributed by atoms with Gasteiger partial charge in [-0.3, -0.25) is 0 Å². The Bertz CT molecular complexity index is 1260. The quantitative estimate of drug-likeness (QED) is 0.633. The van der Waals surface area contributed by atoms with E-state index in [1.807, 2.05) is 25.1 Å². The van der Waals surface area contributed by atoms with E-state index >= 15 is 0 Å². The lowest BCUT2D eigenvalue weighted by Gasteiger charge is -2.27. The van der Waals surface area contributed by atoms with Crippen LogP contribution in [0.3, 0.4) is 0 Å². The summed E-state index contributed by atoms with van der Waals surface area (Å²) in [7, 11) is 1.56. The van der Waals surface area contributed by atoms with E-state index in [0.29, 0.717) is 45.9 Å². The highest BCUT2D eigenvalue weighted by Crippen LogP contribution is 2.53. The Morgan fingerprint density at radius 1 is 1.06 bits per heavy atom. The van der Waals surface area contributed by atoms with Gasteiger partial charge in [-0.25, -0.2) is 4.79 Å². The smallest absolute Gasteiger partial charge is 0.335 e. The average molecular weight is 430 g/mol. The first kappa shape index (κ1) is 20.2. The van der Waals surface area contributed by atoms with Gasteiger partial charge in [0.2, 0.25) is 6.79 Å². The molecule has 1 aliphatic heterocycles. The van der Waals surface area contributed by atoms with Crippen molar-refractivity contribution in [2.75, 3.05) is 13.9 Å². The highest BCUT2D eigenvalue weighted by Gasteiger charge is 2.49. The zero-order chi connectivity index (χ0) is 22.5. The third-order valence-electron chi connectivity index (χ3n) is 6.17. The van der Waals surface area contributed by atoms with Gasteiger partial charge in [-0.1, -0.05) is 43.3 Å². The van der Waals surface area contributed by atoms with Crippen LogP contribution in [0.2, 0.25) is 0 Å². The van der Waals surface area contributed by atoms with Gasteiger partial charge in [-0.05, 0) is 52.9 Å². The molecular weight excluding hydrogens is 408 g/mol. The van der Waals surface area contributed by atoms with Crippen LogP contribution in [-0.4, -0.2) is 30.1 Å². The van der Waals surface area contributed by atoms with Crippen LogP contribution in [0.1, 0.15) is 34.7 Å².